The number of likely N-dealkylation sites (N-methyl/N-ethyl adjacent to an activating group) is 1. The maximum absolute atomic E-state index is 14.2. The fourth-order valence-electron chi connectivity index (χ4n) is 4.04. The zero-order valence-corrected chi connectivity index (χ0v) is 21.2. The van der Waals surface area contributed by atoms with E-state index in [0.717, 1.165) is 5.56 Å². The summed E-state index contributed by atoms with van der Waals surface area (Å²) < 4.78 is 42.4. The number of hydrogen-bond acceptors (Lipinski definition) is 6. The van der Waals surface area contributed by atoms with Gasteiger partial charge < -0.3 is 4.90 Å². The molecule has 1 aliphatic heterocycles. The summed E-state index contributed by atoms with van der Waals surface area (Å²) in [5, 5.41) is 0.474. The molecule has 2 heterocycles. The van der Waals surface area contributed by atoms with Gasteiger partial charge in [-0.15, -0.1) is 0 Å². The normalized spacial score (nSPS) is 15.8. The molecule has 0 bridgehead atoms. The first kappa shape index (κ1) is 24.7. The van der Waals surface area contributed by atoms with Crippen molar-refractivity contribution >= 4 is 42.6 Å². The van der Waals surface area contributed by atoms with Gasteiger partial charge in [0.1, 0.15) is 11.3 Å². The Labute approximate surface area is 203 Å². The van der Waals surface area contributed by atoms with Gasteiger partial charge in [-0.2, -0.15) is 4.31 Å². The molecule has 0 saturated carbocycles. The largest absolute Gasteiger partial charge is 0.308 e. The predicted octanol–water partition coefficient (Wildman–Crippen LogP) is 3.74. The summed E-state index contributed by atoms with van der Waals surface area (Å²) in [6.45, 7) is 3.53. The predicted molar refractivity (Wildman–Crippen MR) is 133 cm³/mol. The molecule has 182 valence electrons. The number of aromatic nitrogens is 1. The number of thiazole rings is 1. The molecule has 1 aromatic heterocycles. The van der Waals surface area contributed by atoms with Crippen LogP contribution in [-0.4, -0.2) is 68.8 Å². The van der Waals surface area contributed by atoms with Gasteiger partial charge in [0.15, 0.2) is 5.13 Å². The molecule has 0 N–H and O–H groups in total. The van der Waals surface area contributed by atoms with Crippen molar-refractivity contribution in [3.8, 4) is 0 Å². The summed E-state index contributed by atoms with van der Waals surface area (Å²) in [5.74, 6) is -0.813. The van der Waals surface area contributed by atoms with E-state index in [2.05, 4.69) is 4.98 Å². The third-order valence-electron chi connectivity index (χ3n) is 6.09. The third kappa shape index (κ3) is 5.14. The average molecular weight is 505 g/mol. The Morgan fingerprint density at radius 3 is 2.41 bits per heavy atom. The topological polar surface area (TPSA) is 73.8 Å². The lowest BCUT2D eigenvalue weighted by atomic mass is 9.96. The molecule has 1 saturated heterocycles. The number of benzene rings is 2. The molecule has 4 rings (SSSR count). The quantitative estimate of drug-likeness (QED) is 0.490. The van der Waals surface area contributed by atoms with E-state index in [1.807, 2.05) is 25.9 Å². The van der Waals surface area contributed by atoms with Crippen LogP contribution in [0.3, 0.4) is 0 Å². The van der Waals surface area contributed by atoms with Crippen LogP contribution >= 0.6 is 11.3 Å². The van der Waals surface area contributed by atoms with Gasteiger partial charge in [0.05, 0.1) is 9.60 Å². The van der Waals surface area contributed by atoms with E-state index < -0.39 is 15.8 Å². The molecular weight excluding hydrogens is 475 g/mol. The molecule has 1 aliphatic rings. The summed E-state index contributed by atoms with van der Waals surface area (Å²) in [5.41, 5.74) is 1.26. The maximum Gasteiger partial charge on any atom is 0.243 e. The SMILES string of the molecule is Cc1ccc(S(=O)(=O)N2CCC(C(=O)N(CCN(C)C)c3nc4c(F)cccc4s3)CC2)cc1. The standard InChI is InChI=1S/C24H29FN4O3S2/c1-17-7-9-19(10-8-17)34(31,32)28-13-11-18(12-14-28)23(30)29(16-15-27(2)3)24-26-22-20(25)5-4-6-21(22)33-24/h4-10,18H,11-16H2,1-3H3. The van der Waals surface area contributed by atoms with Gasteiger partial charge in [0.2, 0.25) is 15.9 Å². The first-order chi connectivity index (χ1) is 16.2. The van der Waals surface area contributed by atoms with Crippen molar-refractivity contribution in [1.82, 2.24) is 14.2 Å². The number of piperidine rings is 1. The highest BCUT2D eigenvalue weighted by molar-refractivity contribution is 7.89. The summed E-state index contributed by atoms with van der Waals surface area (Å²) in [6, 6.07) is 11.6. The Hall–Kier alpha value is -2.40. The minimum absolute atomic E-state index is 0.0892. The summed E-state index contributed by atoms with van der Waals surface area (Å²) >= 11 is 1.30. The van der Waals surface area contributed by atoms with Crippen LogP contribution in [0, 0.1) is 18.7 Å². The highest BCUT2D eigenvalue weighted by Crippen LogP contribution is 2.33. The van der Waals surface area contributed by atoms with Crippen LogP contribution in [0.4, 0.5) is 9.52 Å². The first-order valence-electron chi connectivity index (χ1n) is 11.2. The smallest absolute Gasteiger partial charge is 0.243 e. The highest BCUT2D eigenvalue weighted by Gasteiger charge is 2.35. The fourth-order valence-corrected chi connectivity index (χ4v) is 6.52. The van der Waals surface area contributed by atoms with Gasteiger partial charge >= 0.3 is 0 Å². The lowest BCUT2D eigenvalue weighted by molar-refractivity contribution is -0.123. The zero-order chi connectivity index (χ0) is 24.5. The molecule has 0 spiro atoms. The van der Waals surface area contributed by atoms with Crippen molar-refractivity contribution in [2.75, 3.05) is 45.2 Å². The summed E-state index contributed by atoms with van der Waals surface area (Å²) in [7, 11) is 0.257. The van der Waals surface area contributed by atoms with E-state index in [4.69, 9.17) is 0 Å². The van der Waals surface area contributed by atoms with Crippen LogP contribution in [0.2, 0.25) is 0 Å². The molecule has 1 amide bonds. The number of carbonyl (C=O) groups is 1. The monoisotopic (exact) mass is 504 g/mol. The molecule has 10 heteroatoms. The average Bonchev–Trinajstić information content (AvgIpc) is 3.24. The van der Waals surface area contributed by atoms with E-state index in [-0.39, 0.29) is 35.3 Å². The van der Waals surface area contributed by atoms with E-state index in [1.54, 1.807) is 41.3 Å². The summed E-state index contributed by atoms with van der Waals surface area (Å²) in [4.78, 5) is 21.9. The van der Waals surface area contributed by atoms with Gasteiger partial charge in [-0.3, -0.25) is 9.69 Å². The van der Waals surface area contributed by atoms with Crippen molar-refractivity contribution in [3.05, 3.63) is 53.8 Å². The van der Waals surface area contributed by atoms with Crippen LogP contribution in [0.25, 0.3) is 10.2 Å². The van der Waals surface area contributed by atoms with E-state index in [1.165, 1.54) is 21.7 Å². The second-order valence-electron chi connectivity index (χ2n) is 8.87. The van der Waals surface area contributed by atoms with Crippen LogP contribution in [-0.2, 0) is 14.8 Å². The maximum atomic E-state index is 14.2. The third-order valence-corrected chi connectivity index (χ3v) is 9.04. The molecule has 2 aromatic carbocycles. The first-order valence-corrected chi connectivity index (χ1v) is 13.5. The molecule has 0 aliphatic carbocycles. The number of halogens is 1. The number of carbonyl (C=O) groups excluding carboxylic acids is 1. The number of amides is 1. The Bertz CT molecular complexity index is 1270. The molecule has 0 radical (unpaired) electrons. The Morgan fingerprint density at radius 2 is 1.79 bits per heavy atom. The molecule has 7 nitrogen and oxygen atoms in total. The molecule has 3 aromatic rings. The van der Waals surface area contributed by atoms with E-state index in [9.17, 15) is 17.6 Å². The Kier molecular flexibility index (Phi) is 7.32. The number of fused-ring (bicyclic) bond motifs is 1. The molecule has 1 fully saturated rings. The summed E-state index contributed by atoms with van der Waals surface area (Å²) in [6.07, 6.45) is 0.864. The van der Waals surface area contributed by atoms with Crippen LogP contribution < -0.4 is 4.90 Å². The number of hydrogen-bond donors (Lipinski definition) is 0. The van der Waals surface area contributed by atoms with Gasteiger partial charge in [0.25, 0.3) is 0 Å². The minimum atomic E-state index is -3.59. The number of sulfonamides is 1. The number of nitrogens with zero attached hydrogens (tertiary/aromatic N) is 4. The number of anilines is 1. The van der Waals surface area contributed by atoms with Crippen molar-refractivity contribution < 1.29 is 17.6 Å². The van der Waals surface area contributed by atoms with Gasteiger partial charge in [0, 0.05) is 32.1 Å². The van der Waals surface area contributed by atoms with E-state index >= 15 is 0 Å². The molecule has 34 heavy (non-hydrogen) atoms. The zero-order valence-electron chi connectivity index (χ0n) is 19.6. The van der Waals surface area contributed by atoms with Gasteiger partial charge in [-0.1, -0.05) is 35.1 Å². The van der Waals surface area contributed by atoms with Gasteiger partial charge in [-0.25, -0.2) is 17.8 Å². The van der Waals surface area contributed by atoms with Crippen molar-refractivity contribution in [3.63, 3.8) is 0 Å². The second-order valence-corrected chi connectivity index (χ2v) is 11.8. The van der Waals surface area contributed by atoms with Crippen molar-refractivity contribution in [2.24, 2.45) is 5.92 Å². The van der Waals surface area contributed by atoms with E-state index in [0.29, 0.717) is 35.8 Å². The number of rotatable bonds is 7. The van der Waals surface area contributed by atoms with Crippen molar-refractivity contribution in [1.29, 1.82) is 0 Å². The Balaban J connectivity index is 1.51. The van der Waals surface area contributed by atoms with Crippen LogP contribution in [0.1, 0.15) is 18.4 Å². The molecular formula is C24H29FN4O3S2. The molecule has 0 unspecified atom stereocenters. The number of para-hydroxylation sites is 1. The van der Waals surface area contributed by atoms with Gasteiger partial charge in [-0.05, 0) is 58.1 Å². The van der Waals surface area contributed by atoms with Crippen LogP contribution in [0.5, 0.6) is 0 Å². The lowest BCUT2D eigenvalue weighted by Crippen LogP contribution is -2.46. The number of aryl methyl sites for hydroxylation is 1. The molecule has 0 atom stereocenters. The fraction of sp³-hybridized carbons (Fsp3) is 0.417. The van der Waals surface area contributed by atoms with Crippen molar-refractivity contribution in [2.45, 2.75) is 24.7 Å². The van der Waals surface area contributed by atoms with Crippen LogP contribution in [0.15, 0.2) is 47.4 Å². The minimum Gasteiger partial charge on any atom is -0.308 e. The lowest BCUT2D eigenvalue weighted by Gasteiger charge is -2.33. The second kappa shape index (κ2) is 10.1. The highest BCUT2D eigenvalue weighted by atomic mass is 32.2. The Morgan fingerprint density at radius 1 is 1.12 bits per heavy atom.